The first-order valence-corrected chi connectivity index (χ1v) is 17.6. The van der Waals surface area contributed by atoms with Gasteiger partial charge < -0.3 is 20.1 Å². The molecular weight excluding hydrogens is 664 g/mol. The molecule has 5 aromatic rings. The highest BCUT2D eigenvalue weighted by molar-refractivity contribution is 9.10. The smallest absolute Gasteiger partial charge is 0.220 e. The maximum atomic E-state index is 12.8. The van der Waals surface area contributed by atoms with Crippen LogP contribution in [-0.2, 0) is 4.79 Å². The summed E-state index contributed by atoms with van der Waals surface area (Å²) in [5.41, 5.74) is 4.29. The number of nitrogens with one attached hydrogen (secondary N) is 2. The Balaban J connectivity index is 1.05. The average Bonchev–Trinajstić information content (AvgIpc) is 3.10. The molecule has 48 heavy (non-hydrogen) atoms. The van der Waals surface area contributed by atoms with Crippen molar-refractivity contribution in [3.05, 3.63) is 124 Å². The average molecular weight is 710 g/mol. The zero-order valence-electron chi connectivity index (χ0n) is 28.0. The number of halogens is 1. The first-order chi connectivity index (χ1) is 23.4. The molecule has 1 unspecified atom stereocenters. The summed E-state index contributed by atoms with van der Waals surface area (Å²) in [5.74, 6) is 2.93. The lowest BCUT2D eigenvalue weighted by Crippen LogP contribution is -2.26. The van der Waals surface area contributed by atoms with Crippen molar-refractivity contribution in [3.8, 4) is 11.5 Å². The van der Waals surface area contributed by atoms with E-state index in [0.29, 0.717) is 36.9 Å². The largest absolute Gasteiger partial charge is 0.493 e. The molecule has 1 atom stereocenters. The second-order valence-electron chi connectivity index (χ2n) is 12.1. The van der Waals surface area contributed by atoms with E-state index in [0.717, 1.165) is 70.0 Å². The molecule has 250 valence electrons. The number of methoxy groups -OCH3 is 1. The first-order valence-electron chi connectivity index (χ1n) is 16.8. The van der Waals surface area contributed by atoms with Gasteiger partial charge in [0, 0.05) is 34.8 Å². The molecule has 5 rings (SSSR count). The van der Waals surface area contributed by atoms with Crippen molar-refractivity contribution >= 4 is 38.6 Å². The Bertz CT molecular complexity index is 1730. The van der Waals surface area contributed by atoms with Gasteiger partial charge in [-0.1, -0.05) is 108 Å². The van der Waals surface area contributed by atoms with E-state index in [4.69, 9.17) is 14.5 Å². The van der Waals surface area contributed by atoms with Gasteiger partial charge in [0.25, 0.3) is 0 Å². The maximum absolute atomic E-state index is 12.8. The third-order valence-electron chi connectivity index (χ3n) is 8.49. The van der Waals surface area contributed by atoms with Crippen LogP contribution in [0.2, 0.25) is 0 Å². The second-order valence-corrected chi connectivity index (χ2v) is 13.0. The lowest BCUT2D eigenvalue weighted by Gasteiger charge is -2.18. The molecule has 0 aliphatic rings. The summed E-state index contributed by atoms with van der Waals surface area (Å²) >= 11 is 3.56. The summed E-state index contributed by atoms with van der Waals surface area (Å²) in [6, 6.07) is 32.7. The third kappa shape index (κ3) is 9.80. The number of ether oxygens (including phenoxy) is 2. The molecule has 1 amide bonds. The fourth-order valence-corrected chi connectivity index (χ4v) is 6.34. The van der Waals surface area contributed by atoms with Crippen molar-refractivity contribution in [2.75, 3.05) is 25.6 Å². The highest BCUT2D eigenvalue weighted by atomic mass is 79.9. The highest BCUT2D eigenvalue weighted by Gasteiger charge is 2.18. The summed E-state index contributed by atoms with van der Waals surface area (Å²) in [6.07, 6.45) is 5.53. The van der Waals surface area contributed by atoms with Crippen molar-refractivity contribution in [1.82, 2.24) is 15.3 Å². The van der Waals surface area contributed by atoms with Crippen molar-refractivity contribution < 1.29 is 14.3 Å². The lowest BCUT2D eigenvalue weighted by atomic mass is 9.88. The molecule has 0 radical (unpaired) electrons. The van der Waals surface area contributed by atoms with Crippen molar-refractivity contribution in [2.24, 2.45) is 0 Å². The molecule has 2 N–H and O–H groups in total. The summed E-state index contributed by atoms with van der Waals surface area (Å²) in [5, 5.41) is 7.58. The van der Waals surface area contributed by atoms with Crippen LogP contribution in [0.15, 0.2) is 102 Å². The lowest BCUT2D eigenvalue weighted by molar-refractivity contribution is -0.121. The number of carbonyl (C=O) groups excluding carboxylic acids is 1. The second kappa shape index (κ2) is 17.6. The zero-order chi connectivity index (χ0) is 33.7. The number of aryl methyl sites for hydroxylation is 1. The van der Waals surface area contributed by atoms with E-state index in [9.17, 15) is 4.79 Å². The molecule has 8 heteroatoms. The van der Waals surface area contributed by atoms with Gasteiger partial charge in [-0.15, -0.1) is 0 Å². The standard InChI is InChI=1S/C40H45BrN4O3/c1-28(32-20-15-21-33(41)24-32)43-40-35-25-37(47-3)38(27-36(35)44-29(2)45-40)48-23-14-6-4-5-13-22-42-39(46)26-34(30-16-9-7-10-17-30)31-18-11-8-12-19-31/h7-12,15-21,24-25,27-28,34H,4-6,13-14,22-23,26H2,1-3H3,(H,42,46)(H,43,44,45). The van der Waals surface area contributed by atoms with Gasteiger partial charge in [0.15, 0.2) is 11.5 Å². The molecular formula is C40H45BrN4O3. The van der Waals surface area contributed by atoms with Crippen LogP contribution in [0.3, 0.4) is 0 Å². The number of anilines is 1. The van der Waals surface area contributed by atoms with Gasteiger partial charge in [-0.3, -0.25) is 4.79 Å². The van der Waals surface area contributed by atoms with Gasteiger partial charge in [-0.25, -0.2) is 9.97 Å². The number of nitrogens with zero attached hydrogens (tertiary/aromatic N) is 2. The molecule has 0 fully saturated rings. The van der Waals surface area contributed by atoms with E-state index in [1.165, 1.54) is 0 Å². The number of carbonyl (C=O) groups is 1. The molecule has 1 heterocycles. The van der Waals surface area contributed by atoms with Gasteiger partial charge in [-0.05, 0) is 61.6 Å². The Morgan fingerprint density at radius 2 is 1.46 bits per heavy atom. The van der Waals surface area contributed by atoms with Crippen LogP contribution < -0.4 is 20.1 Å². The number of fused-ring (bicyclic) bond motifs is 1. The minimum absolute atomic E-state index is 0.0461. The van der Waals surface area contributed by atoms with Gasteiger partial charge >= 0.3 is 0 Å². The Morgan fingerprint density at radius 3 is 2.15 bits per heavy atom. The summed E-state index contributed by atoms with van der Waals surface area (Å²) in [4.78, 5) is 22.2. The number of hydrogen-bond acceptors (Lipinski definition) is 6. The predicted octanol–water partition coefficient (Wildman–Crippen LogP) is 9.55. The van der Waals surface area contributed by atoms with E-state index >= 15 is 0 Å². The van der Waals surface area contributed by atoms with Crippen LogP contribution in [0.1, 0.15) is 79.9 Å². The Hall–Kier alpha value is -4.43. The summed E-state index contributed by atoms with van der Waals surface area (Å²) in [6.45, 7) is 5.30. The Labute approximate surface area is 292 Å². The zero-order valence-corrected chi connectivity index (χ0v) is 29.6. The number of benzene rings is 4. The maximum Gasteiger partial charge on any atom is 0.220 e. The number of amides is 1. The van der Waals surface area contributed by atoms with E-state index in [1.807, 2.05) is 67.6 Å². The van der Waals surface area contributed by atoms with Crippen LogP contribution in [0, 0.1) is 6.92 Å². The van der Waals surface area contributed by atoms with E-state index in [2.05, 4.69) is 74.9 Å². The monoisotopic (exact) mass is 708 g/mol. The molecule has 4 aromatic carbocycles. The molecule has 0 saturated carbocycles. The Kier molecular flexibility index (Phi) is 12.8. The number of rotatable bonds is 17. The molecule has 0 aliphatic heterocycles. The fourth-order valence-electron chi connectivity index (χ4n) is 5.92. The van der Waals surface area contributed by atoms with Gasteiger partial charge in [0.2, 0.25) is 5.91 Å². The normalized spacial score (nSPS) is 11.8. The van der Waals surface area contributed by atoms with E-state index < -0.39 is 0 Å². The van der Waals surface area contributed by atoms with Crippen molar-refractivity contribution in [3.63, 3.8) is 0 Å². The Morgan fingerprint density at radius 1 is 0.792 bits per heavy atom. The van der Waals surface area contributed by atoms with E-state index in [-0.39, 0.29) is 17.9 Å². The highest BCUT2D eigenvalue weighted by Crippen LogP contribution is 2.36. The van der Waals surface area contributed by atoms with Gasteiger partial charge in [0.1, 0.15) is 11.6 Å². The fraction of sp³-hybridized carbons (Fsp3) is 0.325. The number of hydrogen-bond donors (Lipinski definition) is 2. The predicted molar refractivity (Wildman–Crippen MR) is 198 cm³/mol. The molecule has 0 spiro atoms. The summed E-state index contributed by atoms with van der Waals surface area (Å²) < 4.78 is 12.9. The SMILES string of the molecule is COc1cc2c(NC(C)c3cccc(Br)c3)nc(C)nc2cc1OCCCCCCCNC(=O)CC(c1ccccc1)c1ccccc1. The quantitative estimate of drug-likeness (QED) is 0.0936. The van der Waals surface area contributed by atoms with E-state index in [1.54, 1.807) is 7.11 Å². The molecule has 0 bridgehead atoms. The van der Waals surface area contributed by atoms with Gasteiger partial charge in [-0.2, -0.15) is 0 Å². The van der Waals surface area contributed by atoms with Crippen LogP contribution in [0.25, 0.3) is 10.9 Å². The van der Waals surface area contributed by atoms with Crippen LogP contribution in [0.5, 0.6) is 11.5 Å². The minimum Gasteiger partial charge on any atom is -0.493 e. The van der Waals surface area contributed by atoms with Crippen LogP contribution in [-0.4, -0.2) is 36.1 Å². The third-order valence-corrected chi connectivity index (χ3v) is 8.98. The molecule has 0 saturated heterocycles. The molecule has 0 aliphatic carbocycles. The van der Waals surface area contributed by atoms with Crippen LogP contribution in [0.4, 0.5) is 5.82 Å². The van der Waals surface area contributed by atoms with Crippen molar-refractivity contribution in [1.29, 1.82) is 0 Å². The topological polar surface area (TPSA) is 85.4 Å². The molecule has 7 nitrogen and oxygen atoms in total. The molecule has 1 aromatic heterocycles. The summed E-state index contributed by atoms with van der Waals surface area (Å²) in [7, 11) is 1.66. The first kappa shape index (κ1) is 34.9. The minimum atomic E-state index is 0.0461. The van der Waals surface area contributed by atoms with Crippen molar-refractivity contribution in [2.45, 2.75) is 64.3 Å². The number of unbranched alkanes of at least 4 members (excludes halogenated alkanes) is 4. The van der Waals surface area contributed by atoms with Crippen LogP contribution >= 0.6 is 15.9 Å². The van der Waals surface area contributed by atoms with Gasteiger partial charge in [0.05, 0.1) is 25.3 Å². The number of aromatic nitrogens is 2.